The molecule has 1 aromatic carbocycles. The van der Waals surface area contributed by atoms with E-state index in [4.69, 9.17) is 4.74 Å². The Hall–Kier alpha value is -1.29. The summed E-state index contributed by atoms with van der Waals surface area (Å²) in [5, 5.41) is 0. The molecular weight excluding hydrogens is 241 g/mol. The quantitative estimate of drug-likeness (QED) is 0.767. The summed E-state index contributed by atoms with van der Waals surface area (Å²) in [4.78, 5) is 0. The minimum absolute atomic E-state index is 0.239. The van der Waals surface area contributed by atoms with Crippen LogP contribution >= 0.6 is 0 Å². The molecule has 0 aromatic heterocycles. The van der Waals surface area contributed by atoms with E-state index in [0.29, 0.717) is 0 Å². The van der Waals surface area contributed by atoms with Crippen molar-refractivity contribution < 1.29 is 17.9 Å². The second-order valence-corrected chi connectivity index (χ2v) is 4.44. The number of methoxy groups -OCH3 is 1. The fraction of sp³-hybridized carbons (Fsp3) is 0.429. The molecule has 1 aliphatic rings. The van der Waals surface area contributed by atoms with E-state index in [9.17, 15) is 13.2 Å². The topological polar surface area (TPSA) is 9.23 Å². The van der Waals surface area contributed by atoms with Crippen molar-refractivity contribution in [1.29, 1.82) is 0 Å². The Labute approximate surface area is 104 Å². The molecule has 0 heterocycles. The molecule has 18 heavy (non-hydrogen) atoms. The average Bonchev–Trinajstić information content (AvgIpc) is 2.38. The van der Waals surface area contributed by atoms with Gasteiger partial charge in [0.1, 0.15) is 0 Å². The highest BCUT2D eigenvalue weighted by molar-refractivity contribution is 5.66. The first-order valence-corrected chi connectivity index (χ1v) is 5.90. The van der Waals surface area contributed by atoms with Gasteiger partial charge in [0.2, 0.25) is 0 Å². The molecule has 1 aromatic rings. The van der Waals surface area contributed by atoms with Gasteiger partial charge in [-0.25, -0.2) is 0 Å². The van der Waals surface area contributed by atoms with E-state index in [1.54, 1.807) is 19.2 Å². The third-order valence-corrected chi connectivity index (χ3v) is 3.28. The molecular formula is C14H15F3O. The van der Waals surface area contributed by atoms with Gasteiger partial charge in [0.05, 0.1) is 11.7 Å². The molecule has 1 nitrogen and oxygen atoms in total. The van der Waals surface area contributed by atoms with E-state index >= 15 is 0 Å². The molecule has 0 fully saturated rings. The van der Waals surface area contributed by atoms with Crippen LogP contribution in [0.5, 0.6) is 0 Å². The SMILES string of the molecule is CO[C@H]1CC=C(c2ccc(C(F)(F)F)cc2)CC1. The Morgan fingerprint density at radius 1 is 1.17 bits per heavy atom. The number of allylic oxidation sites excluding steroid dienone is 1. The van der Waals surface area contributed by atoms with Crippen molar-refractivity contribution in [3.63, 3.8) is 0 Å². The number of rotatable bonds is 2. The van der Waals surface area contributed by atoms with Crippen LogP contribution in [0.25, 0.3) is 5.57 Å². The zero-order valence-electron chi connectivity index (χ0n) is 10.1. The Balaban J connectivity index is 2.14. The predicted octanol–water partition coefficient (Wildman–Crippen LogP) is 4.29. The third-order valence-electron chi connectivity index (χ3n) is 3.28. The monoisotopic (exact) mass is 256 g/mol. The van der Waals surface area contributed by atoms with Crippen molar-refractivity contribution in [2.24, 2.45) is 0 Å². The van der Waals surface area contributed by atoms with Gasteiger partial charge in [-0.3, -0.25) is 0 Å². The smallest absolute Gasteiger partial charge is 0.381 e. The lowest BCUT2D eigenvalue weighted by Gasteiger charge is -2.21. The maximum absolute atomic E-state index is 12.4. The van der Waals surface area contributed by atoms with Gasteiger partial charge in [-0.1, -0.05) is 18.2 Å². The molecule has 0 saturated carbocycles. The van der Waals surface area contributed by atoms with E-state index < -0.39 is 11.7 Å². The lowest BCUT2D eigenvalue weighted by atomic mass is 9.91. The highest BCUT2D eigenvalue weighted by atomic mass is 19.4. The van der Waals surface area contributed by atoms with Crippen molar-refractivity contribution in [3.8, 4) is 0 Å². The van der Waals surface area contributed by atoms with Crippen molar-refractivity contribution in [1.82, 2.24) is 0 Å². The molecule has 98 valence electrons. The molecule has 0 spiro atoms. The van der Waals surface area contributed by atoms with Crippen LogP contribution in [0.3, 0.4) is 0 Å². The van der Waals surface area contributed by atoms with Crippen LogP contribution in [0.4, 0.5) is 13.2 Å². The molecule has 0 aliphatic heterocycles. The van der Waals surface area contributed by atoms with Crippen molar-refractivity contribution in [3.05, 3.63) is 41.5 Å². The highest BCUT2D eigenvalue weighted by Gasteiger charge is 2.30. The molecule has 2 rings (SSSR count). The number of hydrogen-bond donors (Lipinski definition) is 0. The first-order chi connectivity index (χ1) is 8.50. The lowest BCUT2D eigenvalue weighted by Crippen LogP contribution is -2.13. The fourth-order valence-electron chi connectivity index (χ4n) is 2.16. The van der Waals surface area contributed by atoms with E-state index in [1.165, 1.54) is 0 Å². The molecule has 0 amide bonds. The molecule has 0 unspecified atom stereocenters. The van der Waals surface area contributed by atoms with Gasteiger partial charge in [-0.2, -0.15) is 13.2 Å². The average molecular weight is 256 g/mol. The van der Waals surface area contributed by atoms with E-state index in [2.05, 4.69) is 6.08 Å². The van der Waals surface area contributed by atoms with Crippen LogP contribution in [0, 0.1) is 0 Å². The standard InChI is InChI=1S/C14H15F3O/c1-18-13-8-4-11(5-9-13)10-2-6-12(7-3-10)14(15,16)17/h2-4,6-7,13H,5,8-9H2,1H3/t13-/m0/s1. The van der Waals surface area contributed by atoms with Crippen LogP contribution in [0.2, 0.25) is 0 Å². The predicted molar refractivity (Wildman–Crippen MR) is 64.1 cm³/mol. The Bertz CT molecular complexity index is 431. The molecule has 4 heteroatoms. The third kappa shape index (κ3) is 2.93. The van der Waals surface area contributed by atoms with E-state index in [0.717, 1.165) is 42.5 Å². The molecule has 0 radical (unpaired) electrons. The first-order valence-electron chi connectivity index (χ1n) is 5.90. The minimum Gasteiger partial charge on any atom is -0.381 e. The Morgan fingerprint density at radius 2 is 1.83 bits per heavy atom. The number of halogens is 3. The van der Waals surface area contributed by atoms with Crippen LogP contribution in [-0.4, -0.2) is 13.2 Å². The summed E-state index contributed by atoms with van der Waals surface area (Å²) in [5.41, 5.74) is 1.38. The summed E-state index contributed by atoms with van der Waals surface area (Å²) < 4.78 is 42.5. The highest BCUT2D eigenvalue weighted by Crippen LogP contribution is 2.32. The second-order valence-electron chi connectivity index (χ2n) is 4.44. The van der Waals surface area contributed by atoms with Gasteiger partial charge < -0.3 is 4.74 Å². The molecule has 0 saturated heterocycles. The Kier molecular flexibility index (Phi) is 3.76. The summed E-state index contributed by atoms with van der Waals surface area (Å²) >= 11 is 0. The summed E-state index contributed by atoms with van der Waals surface area (Å²) in [5.74, 6) is 0. The zero-order chi connectivity index (χ0) is 13.2. The largest absolute Gasteiger partial charge is 0.416 e. The molecule has 0 bridgehead atoms. The van der Waals surface area contributed by atoms with Crippen LogP contribution < -0.4 is 0 Å². The zero-order valence-corrected chi connectivity index (χ0v) is 10.1. The second kappa shape index (κ2) is 5.14. The number of benzene rings is 1. The summed E-state index contributed by atoms with van der Waals surface area (Å²) in [6.45, 7) is 0. The summed E-state index contributed by atoms with van der Waals surface area (Å²) in [6, 6.07) is 5.36. The maximum Gasteiger partial charge on any atom is 0.416 e. The van der Waals surface area contributed by atoms with Gasteiger partial charge in [0.25, 0.3) is 0 Å². The van der Waals surface area contributed by atoms with Crippen molar-refractivity contribution >= 4 is 5.57 Å². The van der Waals surface area contributed by atoms with Crippen LogP contribution in [0.15, 0.2) is 30.3 Å². The minimum atomic E-state index is -4.26. The molecule has 1 atom stereocenters. The maximum atomic E-state index is 12.4. The van der Waals surface area contributed by atoms with Gasteiger partial charge in [0, 0.05) is 7.11 Å². The van der Waals surface area contributed by atoms with E-state index in [-0.39, 0.29) is 6.10 Å². The number of ether oxygens (including phenoxy) is 1. The van der Waals surface area contributed by atoms with Crippen molar-refractivity contribution in [2.45, 2.75) is 31.5 Å². The molecule has 0 N–H and O–H groups in total. The number of hydrogen-bond acceptors (Lipinski definition) is 1. The Morgan fingerprint density at radius 3 is 2.28 bits per heavy atom. The van der Waals surface area contributed by atoms with Gasteiger partial charge >= 0.3 is 6.18 Å². The van der Waals surface area contributed by atoms with E-state index in [1.807, 2.05) is 0 Å². The van der Waals surface area contributed by atoms with Crippen LogP contribution in [0.1, 0.15) is 30.4 Å². The van der Waals surface area contributed by atoms with Crippen LogP contribution in [-0.2, 0) is 10.9 Å². The van der Waals surface area contributed by atoms with Gasteiger partial charge in [-0.15, -0.1) is 0 Å². The first kappa shape index (κ1) is 13.1. The van der Waals surface area contributed by atoms with Crippen molar-refractivity contribution in [2.75, 3.05) is 7.11 Å². The fourth-order valence-corrected chi connectivity index (χ4v) is 2.16. The molecule has 1 aliphatic carbocycles. The lowest BCUT2D eigenvalue weighted by molar-refractivity contribution is -0.137. The summed E-state index contributed by atoms with van der Waals surface area (Å²) in [7, 11) is 1.68. The summed E-state index contributed by atoms with van der Waals surface area (Å²) in [6.07, 6.45) is 0.629. The normalized spacial score (nSPS) is 20.7. The van der Waals surface area contributed by atoms with Gasteiger partial charge in [-0.05, 0) is 42.5 Å². The van der Waals surface area contributed by atoms with Gasteiger partial charge in [0.15, 0.2) is 0 Å². The number of alkyl halides is 3.